The first-order chi connectivity index (χ1) is 14.1. The fraction of sp³-hybridized carbons (Fsp3) is 0.167. The fourth-order valence-corrected chi connectivity index (χ4v) is 3.02. The molecule has 0 saturated heterocycles. The van der Waals surface area contributed by atoms with Gasteiger partial charge in [-0.3, -0.25) is 4.79 Å². The second kappa shape index (κ2) is 9.55. The maximum absolute atomic E-state index is 12.6. The van der Waals surface area contributed by atoms with E-state index in [9.17, 15) is 9.59 Å². The lowest BCUT2D eigenvalue weighted by Gasteiger charge is -2.19. The predicted molar refractivity (Wildman–Crippen MR) is 112 cm³/mol. The molecule has 0 aliphatic rings. The van der Waals surface area contributed by atoms with Gasteiger partial charge in [0.1, 0.15) is 5.75 Å². The summed E-state index contributed by atoms with van der Waals surface area (Å²) in [6, 6.07) is 24.3. The van der Waals surface area contributed by atoms with E-state index in [1.165, 1.54) is 4.90 Å². The second-order valence-corrected chi connectivity index (χ2v) is 6.55. The summed E-state index contributed by atoms with van der Waals surface area (Å²) in [7, 11) is 3.26. The third-order valence-electron chi connectivity index (χ3n) is 4.58. The van der Waals surface area contributed by atoms with Crippen molar-refractivity contribution < 1.29 is 19.1 Å². The van der Waals surface area contributed by atoms with E-state index >= 15 is 0 Å². The number of carbonyl (C=O) groups excluding carboxylic acids is 2. The first-order valence-corrected chi connectivity index (χ1v) is 9.27. The number of amides is 1. The Hall–Kier alpha value is -3.60. The Labute approximate surface area is 170 Å². The van der Waals surface area contributed by atoms with Crippen LogP contribution in [0.2, 0.25) is 0 Å². The molecule has 0 atom stereocenters. The molecule has 29 heavy (non-hydrogen) atoms. The van der Waals surface area contributed by atoms with E-state index in [1.54, 1.807) is 26.3 Å². The average Bonchev–Trinajstić information content (AvgIpc) is 2.78. The number of nitrogens with zero attached hydrogens (tertiary/aromatic N) is 1. The highest BCUT2D eigenvalue weighted by molar-refractivity contribution is 5.98. The molecule has 0 radical (unpaired) electrons. The van der Waals surface area contributed by atoms with E-state index in [2.05, 4.69) is 0 Å². The van der Waals surface area contributed by atoms with E-state index in [-0.39, 0.29) is 12.5 Å². The maximum atomic E-state index is 12.6. The zero-order chi connectivity index (χ0) is 20.6. The number of esters is 1. The van der Waals surface area contributed by atoms with Crippen molar-refractivity contribution in [2.75, 3.05) is 20.8 Å². The molecule has 0 unspecified atom stereocenters. The third kappa shape index (κ3) is 5.02. The maximum Gasteiger partial charge on any atom is 0.339 e. The number of carbonyl (C=O) groups is 2. The van der Waals surface area contributed by atoms with Crippen LogP contribution in [0.25, 0.3) is 11.1 Å². The van der Waals surface area contributed by atoms with Gasteiger partial charge in [0, 0.05) is 19.2 Å². The van der Waals surface area contributed by atoms with Crippen molar-refractivity contribution in [2.45, 2.75) is 6.54 Å². The van der Waals surface area contributed by atoms with E-state index in [4.69, 9.17) is 9.47 Å². The molecule has 1 amide bonds. The van der Waals surface area contributed by atoms with Crippen molar-refractivity contribution in [3.63, 3.8) is 0 Å². The second-order valence-electron chi connectivity index (χ2n) is 6.55. The van der Waals surface area contributed by atoms with E-state index in [0.717, 1.165) is 16.7 Å². The Morgan fingerprint density at radius 3 is 2.28 bits per heavy atom. The highest BCUT2D eigenvalue weighted by Crippen LogP contribution is 2.24. The zero-order valence-electron chi connectivity index (χ0n) is 16.5. The molecule has 3 aromatic carbocycles. The highest BCUT2D eigenvalue weighted by atomic mass is 16.5. The van der Waals surface area contributed by atoms with Crippen LogP contribution in [-0.2, 0) is 16.1 Å². The van der Waals surface area contributed by atoms with Gasteiger partial charge in [-0.1, -0.05) is 66.7 Å². The molecule has 5 nitrogen and oxygen atoms in total. The molecule has 0 N–H and O–H groups in total. The minimum absolute atomic E-state index is 0.290. The molecular formula is C24H23NO4. The van der Waals surface area contributed by atoms with E-state index in [1.807, 2.05) is 66.7 Å². The molecule has 148 valence electrons. The largest absolute Gasteiger partial charge is 0.496 e. The lowest BCUT2D eigenvalue weighted by atomic mass is 10.00. The van der Waals surface area contributed by atoms with Crippen molar-refractivity contribution in [3.05, 3.63) is 90.0 Å². The Balaban J connectivity index is 1.64. The van der Waals surface area contributed by atoms with Crippen LogP contribution >= 0.6 is 0 Å². The van der Waals surface area contributed by atoms with Crippen molar-refractivity contribution in [1.82, 2.24) is 4.90 Å². The summed E-state index contributed by atoms with van der Waals surface area (Å²) in [5.41, 5.74) is 3.00. The predicted octanol–water partition coefficient (Wildman–Crippen LogP) is 4.18. The van der Waals surface area contributed by atoms with Gasteiger partial charge in [-0.2, -0.15) is 0 Å². The number of ether oxygens (including phenoxy) is 2. The molecule has 0 aromatic heterocycles. The summed E-state index contributed by atoms with van der Waals surface area (Å²) in [5.74, 6) is -0.106. The first kappa shape index (κ1) is 20.1. The topological polar surface area (TPSA) is 55.8 Å². The van der Waals surface area contributed by atoms with Crippen LogP contribution in [0.4, 0.5) is 0 Å². The summed E-state index contributed by atoms with van der Waals surface area (Å²) in [4.78, 5) is 26.6. The Bertz CT molecular complexity index is 985. The molecule has 0 aliphatic heterocycles. The van der Waals surface area contributed by atoms with Crippen LogP contribution in [0.3, 0.4) is 0 Å². The van der Waals surface area contributed by atoms with Gasteiger partial charge in [0.05, 0.1) is 12.7 Å². The molecule has 3 aromatic rings. The summed E-state index contributed by atoms with van der Waals surface area (Å²) in [6.45, 7) is 0.0363. The molecule has 5 heteroatoms. The van der Waals surface area contributed by atoms with Gasteiger partial charge in [0.2, 0.25) is 0 Å². The molecule has 3 rings (SSSR count). The fourth-order valence-electron chi connectivity index (χ4n) is 3.02. The van der Waals surface area contributed by atoms with Crippen LogP contribution in [0, 0.1) is 0 Å². The molecule has 0 aliphatic carbocycles. The van der Waals surface area contributed by atoms with Gasteiger partial charge >= 0.3 is 5.97 Å². The van der Waals surface area contributed by atoms with Gasteiger partial charge in [0.15, 0.2) is 6.61 Å². The lowest BCUT2D eigenvalue weighted by molar-refractivity contribution is -0.133. The molecule has 0 bridgehead atoms. The van der Waals surface area contributed by atoms with Crippen molar-refractivity contribution in [1.29, 1.82) is 0 Å². The van der Waals surface area contributed by atoms with Crippen LogP contribution in [0.15, 0.2) is 78.9 Å². The molecule has 0 fully saturated rings. The Kier molecular flexibility index (Phi) is 6.63. The zero-order valence-corrected chi connectivity index (χ0v) is 16.5. The van der Waals surface area contributed by atoms with E-state index < -0.39 is 5.97 Å². The lowest BCUT2D eigenvalue weighted by Crippen LogP contribution is -2.31. The quantitative estimate of drug-likeness (QED) is 0.569. The number of hydrogen-bond donors (Lipinski definition) is 0. The minimum Gasteiger partial charge on any atom is -0.496 e. The smallest absolute Gasteiger partial charge is 0.339 e. The number of methoxy groups -OCH3 is 1. The molecule has 0 spiro atoms. The van der Waals surface area contributed by atoms with Crippen molar-refractivity contribution in [3.8, 4) is 16.9 Å². The number of rotatable bonds is 7. The number of likely N-dealkylation sites (N-methyl/N-ethyl adjacent to an activating group) is 1. The number of hydrogen-bond acceptors (Lipinski definition) is 4. The summed E-state index contributed by atoms with van der Waals surface area (Å²) >= 11 is 0. The standard InChI is InChI=1S/C24H23NO4/c1-25(16-19-12-6-9-15-22(19)28-2)23(26)17-29-24(27)21-14-8-7-13-20(21)18-10-4-3-5-11-18/h3-15H,16-17H2,1-2H3. The summed E-state index contributed by atoms with van der Waals surface area (Å²) in [5, 5.41) is 0. The van der Waals surface area contributed by atoms with Crippen molar-refractivity contribution >= 4 is 11.9 Å². The monoisotopic (exact) mass is 389 g/mol. The van der Waals surface area contributed by atoms with Gasteiger partial charge in [-0.05, 0) is 23.3 Å². The summed E-state index contributed by atoms with van der Waals surface area (Å²) in [6.07, 6.45) is 0. The van der Waals surface area contributed by atoms with Crippen LogP contribution < -0.4 is 4.74 Å². The average molecular weight is 389 g/mol. The van der Waals surface area contributed by atoms with Crippen LogP contribution in [0.5, 0.6) is 5.75 Å². The molecular weight excluding hydrogens is 366 g/mol. The third-order valence-corrected chi connectivity index (χ3v) is 4.58. The number of para-hydroxylation sites is 1. The first-order valence-electron chi connectivity index (χ1n) is 9.27. The van der Waals surface area contributed by atoms with Gasteiger partial charge < -0.3 is 14.4 Å². The SMILES string of the molecule is COc1ccccc1CN(C)C(=O)COC(=O)c1ccccc1-c1ccccc1. The normalized spacial score (nSPS) is 10.3. The van der Waals surface area contributed by atoms with E-state index in [0.29, 0.717) is 17.9 Å². The molecule has 0 saturated carbocycles. The van der Waals surface area contributed by atoms with Gasteiger partial charge in [0.25, 0.3) is 5.91 Å². The Morgan fingerprint density at radius 2 is 1.52 bits per heavy atom. The highest BCUT2D eigenvalue weighted by Gasteiger charge is 2.17. The minimum atomic E-state index is -0.525. The Morgan fingerprint density at radius 1 is 0.862 bits per heavy atom. The number of benzene rings is 3. The van der Waals surface area contributed by atoms with Crippen LogP contribution in [-0.4, -0.2) is 37.5 Å². The van der Waals surface area contributed by atoms with Crippen molar-refractivity contribution in [2.24, 2.45) is 0 Å². The van der Waals surface area contributed by atoms with Gasteiger partial charge in [-0.25, -0.2) is 4.79 Å². The summed E-state index contributed by atoms with van der Waals surface area (Å²) < 4.78 is 10.6. The van der Waals surface area contributed by atoms with Gasteiger partial charge in [-0.15, -0.1) is 0 Å². The van der Waals surface area contributed by atoms with Crippen LogP contribution in [0.1, 0.15) is 15.9 Å². The molecule has 0 heterocycles.